The van der Waals surface area contributed by atoms with Crippen LogP contribution in [0.25, 0.3) is 22.1 Å². The van der Waals surface area contributed by atoms with E-state index in [1.54, 1.807) is 12.5 Å². The zero-order valence-electron chi connectivity index (χ0n) is 34.8. The largest absolute Gasteiger partial charge is 0.473 e. The van der Waals surface area contributed by atoms with Crippen LogP contribution < -0.4 is 10.2 Å². The molecule has 2 aromatic carbocycles. The van der Waals surface area contributed by atoms with Gasteiger partial charge < -0.3 is 44.8 Å². The maximum atomic E-state index is 12.8. The first-order chi connectivity index (χ1) is 30.4. The van der Waals surface area contributed by atoms with Crippen molar-refractivity contribution in [3.05, 3.63) is 114 Å². The minimum absolute atomic E-state index is 0.00771. The van der Waals surface area contributed by atoms with Gasteiger partial charge in [-0.2, -0.15) is 0 Å². The van der Waals surface area contributed by atoms with Crippen molar-refractivity contribution in [2.75, 3.05) is 44.2 Å². The van der Waals surface area contributed by atoms with E-state index in [1.165, 1.54) is 6.33 Å². The first kappa shape index (κ1) is 44.3. The fourth-order valence-electron chi connectivity index (χ4n) is 8.59. The van der Waals surface area contributed by atoms with Crippen LogP contribution in [0.2, 0.25) is 5.15 Å². The Balaban J connectivity index is 0.000000145. The van der Waals surface area contributed by atoms with Gasteiger partial charge in [-0.05, 0) is 54.5 Å². The van der Waals surface area contributed by atoms with Gasteiger partial charge in [-0.25, -0.2) is 39.1 Å². The minimum Gasteiger partial charge on any atom is -0.473 e. The van der Waals surface area contributed by atoms with Crippen LogP contribution in [-0.2, 0) is 32.3 Å². The molecule has 4 fully saturated rings. The number of carbonyl (C=O) groups is 4. The third-order valence-corrected chi connectivity index (χ3v) is 12.5. The van der Waals surface area contributed by atoms with Crippen molar-refractivity contribution in [3.63, 3.8) is 0 Å². The Morgan fingerprint density at radius 1 is 0.714 bits per heavy atom. The number of halogens is 1. The molecule has 5 N–H and O–H groups in total. The van der Waals surface area contributed by atoms with E-state index in [2.05, 4.69) is 54.0 Å². The maximum Gasteiger partial charge on any atom is 0.414 e. The van der Waals surface area contributed by atoms with Gasteiger partial charge in [0.2, 0.25) is 0 Å². The van der Waals surface area contributed by atoms with E-state index in [0.717, 1.165) is 91.1 Å². The Bertz CT molecular complexity index is 2510. The number of amides is 2. The molecule has 4 aliphatic heterocycles. The van der Waals surface area contributed by atoms with Crippen LogP contribution in [0.4, 0.5) is 15.4 Å². The lowest BCUT2D eigenvalue weighted by Gasteiger charge is -2.54. The number of hydrogen-bond acceptors (Lipinski definition) is 12. The first-order valence-corrected chi connectivity index (χ1v) is 20.9. The number of nitrogens with zero attached hydrogens (tertiary/aromatic N) is 7. The number of carbonyl (C=O) groups excluding carboxylic acids is 2. The number of carboxylic acid groups (broad SMARTS) is 2. The standard InChI is InChI=1S/C21H23N5O2.C15H20N2O2.C6H4ClN3.C2H2O4/c1-15-11-26(20(27)28-12-16-5-3-2-4-6-16)21(15)8-10-25(13-21)19-17-7-9-22-18(17)23-14-24-19;1-12-9-17(15(12)7-8-16-11-15)14(18)19-10-13-5-3-2-4-6-13;7-5-4-1-2-8-6(4)10-3-9-5;3-1(4)2(5)6/h2-7,9,14-15H,8,10-13H2,1H3,(H,22,23,24);2-6,12,16H,7-11H2,1H3;1-3H,(H,8,9,10);(H,3,4)(H,5,6)/t15-,21-;12-,15-;;/m00../s1. The van der Waals surface area contributed by atoms with Crippen molar-refractivity contribution < 1.29 is 38.9 Å². The van der Waals surface area contributed by atoms with Crippen molar-refractivity contribution in [2.24, 2.45) is 11.8 Å². The number of benzene rings is 2. The monoisotopic (exact) mass is 880 g/mol. The molecule has 0 bridgehead atoms. The average molecular weight is 881 g/mol. The summed E-state index contributed by atoms with van der Waals surface area (Å²) in [7, 11) is 0. The summed E-state index contributed by atoms with van der Waals surface area (Å²) in [4.78, 5) is 71.9. The fourth-order valence-corrected chi connectivity index (χ4v) is 8.78. The smallest absolute Gasteiger partial charge is 0.414 e. The third kappa shape index (κ3) is 9.66. The molecule has 330 valence electrons. The summed E-state index contributed by atoms with van der Waals surface area (Å²) in [5, 5.41) is 20.5. The summed E-state index contributed by atoms with van der Waals surface area (Å²) in [6, 6.07) is 23.5. The van der Waals surface area contributed by atoms with Gasteiger partial charge in [-0.15, -0.1) is 0 Å². The Labute approximate surface area is 367 Å². The van der Waals surface area contributed by atoms with Crippen molar-refractivity contribution in [2.45, 2.75) is 51.0 Å². The number of likely N-dealkylation sites (tertiary alicyclic amines) is 2. The summed E-state index contributed by atoms with van der Waals surface area (Å²) < 4.78 is 11.0. The van der Waals surface area contributed by atoms with Gasteiger partial charge in [-0.3, -0.25) is 4.90 Å². The number of aromatic nitrogens is 6. The number of H-pyrrole nitrogens is 2. The minimum atomic E-state index is -1.82. The number of fused-ring (bicyclic) bond motifs is 2. The lowest BCUT2D eigenvalue weighted by molar-refractivity contribution is -0.159. The molecule has 8 heterocycles. The van der Waals surface area contributed by atoms with Crippen molar-refractivity contribution in [1.82, 2.24) is 45.0 Å². The van der Waals surface area contributed by atoms with Crippen LogP contribution in [0.5, 0.6) is 0 Å². The van der Waals surface area contributed by atoms with E-state index in [0.29, 0.717) is 30.2 Å². The van der Waals surface area contributed by atoms with Crippen molar-refractivity contribution in [3.8, 4) is 0 Å². The van der Waals surface area contributed by atoms with E-state index >= 15 is 0 Å². The second-order valence-corrected chi connectivity index (χ2v) is 16.2. The van der Waals surface area contributed by atoms with Gasteiger partial charge >= 0.3 is 24.1 Å². The van der Waals surface area contributed by atoms with E-state index < -0.39 is 11.9 Å². The number of nitrogens with one attached hydrogen (secondary N) is 3. The molecular formula is C44H49ClN10O8. The molecule has 2 spiro atoms. The fraction of sp³-hybridized carbons (Fsp3) is 0.364. The zero-order chi connectivity index (χ0) is 44.6. The molecular weight excluding hydrogens is 832 g/mol. The van der Waals surface area contributed by atoms with Gasteiger partial charge in [0.05, 0.1) is 21.9 Å². The predicted octanol–water partition coefficient (Wildman–Crippen LogP) is 5.97. The Morgan fingerprint density at radius 2 is 1.24 bits per heavy atom. The van der Waals surface area contributed by atoms with Gasteiger partial charge in [-0.1, -0.05) is 86.1 Å². The van der Waals surface area contributed by atoms with E-state index in [4.69, 9.17) is 40.9 Å². The Morgan fingerprint density at radius 3 is 1.75 bits per heavy atom. The van der Waals surface area contributed by atoms with Crippen LogP contribution in [-0.4, -0.2) is 124 Å². The molecule has 4 saturated heterocycles. The van der Waals surface area contributed by atoms with E-state index in [9.17, 15) is 9.59 Å². The predicted molar refractivity (Wildman–Crippen MR) is 233 cm³/mol. The van der Waals surface area contributed by atoms with Crippen LogP contribution >= 0.6 is 11.6 Å². The van der Waals surface area contributed by atoms with Crippen LogP contribution in [0.3, 0.4) is 0 Å². The van der Waals surface area contributed by atoms with E-state index in [1.807, 2.05) is 88.8 Å². The number of aliphatic carboxylic acids is 2. The molecule has 18 nitrogen and oxygen atoms in total. The summed E-state index contributed by atoms with van der Waals surface area (Å²) in [6.07, 6.45) is 8.25. The Hall–Kier alpha value is -6.79. The number of hydrogen-bond donors (Lipinski definition) is 5. The van der Waals surface area contributed by atoms with Gasteiger partial charge in [0, 0.05) is 45.1 Å². The molecule has 63 heavy (non-hydrogen) atoms. The van der Waals surface area contributed by atoms with Crippen LogP contribution in [0, 0.1) is 11.8 Å². The average Bonchev–Trinajstić information content (AvgIpc) is 4.15. The second kappa shape index (κ2) is 19.5. The van der Waals surface area contributed by atoms with Gasteiger partial charge in [0.1, 0.15) is 48.1 Å². The number of carboxylic acids is 2. The third-order valence-electron chi connectivity index (χ3n) is 12.2. The summed E-state index contributed by atoms with van der Waals surface area (Å²) in [6.45, 7) is 10.2. The lowest BCUT2D eigenvalue weighted by atomic mass is 9.74. The summed E-state index contributed by atoms with van der Waals surface area (Å²) in [5.41, 5.74) is 3.48. The summed E-state index contributed by atoms with van der Waals surface area (Å²) in [5.74, 6) is -1.72. The highest BCUT2D eigenvalue weighted by atomic mass is 35.5. The first-order valence-electron chi connectivity index (χ1n) is 20.5. The van der Waals surface area contributed by atoms with E-state index in [-0.39, 0.29) is 23.3 Å². The maximum absolute atomic E-state index is 12.8. The quantitative estimate of drug-likeness (QED) is 0.0993. The molecule has 19 heteroatoms. The topological polar surface area (TPSA) is 232 Å². The molecule has 4 atom stereocenters. The van der Waals surface area contributed by atoms with Gasteiger partial charge in [0.15, 0.2) is 0 Å². The van der Waals surface area contributed by atoms with Crippen LogP contribution in [0.15, 0.2) is 97.8 Å². The molecule has 6 aromatic rings. The summed E-state index contributed by atoms with van der Waals surface area (Å²) >= 11 is 5.73. The van der Waals surface area contributed by atoms with Crippen LogP contribution in [0.1, 0.15) is 37.8 Å². The number of ether oxygens (including phenoxy) is 2. The molecule has 2 amide bonds. The molecule has 4 aliphatic rings. The molecule has 4 aromatic heterocycles. The zero-order valence-corrected chi connectivity index (χ0v) is 35.6. The molecule has 0 unspecified atom stereocenters. The molecule has 10 rings (SSSR count). The highest BCUT2D eigenvalue weighted by Gasteiger charge is 2.58. The lowest BCUT2D eigenvalue weighted by Crippen LogP contribution is -2.69. The van der Waals surface area contributed by atoms with Gasteiger partial charge in [0.25, 0.3) is 0 Å². The molecule has 0 radical (unpaired) electrons. The normalized spacial score (nSPS) is 21.9. The number of aromatic amines is 2. The molecule has 0 aliphatic carbocycles. The van der Waals surface area contributed by atoms with Crippen molar-refractivity contribution in [1.29, 1.82) is 0 Å². The Kier molecular flexibility index (Phi) is 13.7. The van der Waals surface area contributed by atoms with Crippen molar-refractivity contribution >= 4 is 63.6 Å². The highest BCUT2D eigenvalue weighted by Crippen LogP contribution is 2.45. The highest BCUT2D eigenvalue weighted by molar-refractivity contribution is 6.33. The molecule has 0 saturated carbocycles. The second-order valence-electron chi connectivity index (χ2n) is 15.9. The number of rotatable bonds is 5. The SMILES string of the molecule is C[C@H]1CN(C(=O)OCc2ccccc2)[C@]12CCN(c1ncnc3[nH]ccc13)C2.C[C@H]1CN(C(=O)OCc2ccccc2)[C@]12CCNC2.Clc1ncnc2[nH]ccc12.O=C(O)C(=O)O. The number of anilines is 1.